The number of carbonyl (C=O) groups is 1. The van der Waals surface area contributed by atoms with Gasteiger partial charge in [0, 0.05) is 0 Å². The van der Waals surface area contributed by atoms with Crippen LogP contribution in [0.1, 0.15) is 30.0 Å². The van der Waals surface area contributed by atoms with Crippen molar-refractivity contribution in [1.82, 2.24) is 5.16 Å². The fraction of sp³-hybridized carbons (Fsp3) is 0.500. The molecule has 0 saturated heterocycles. The molecule has 0 fully saturated rings. The Morgan fingerprint density at radius 2 is 2.46 bits per heavy atom. The van der Waals surface area contributed by atoms with Gasteiger partial charge in [0.25, 0.3) is 0 Å². The zero-order chi connectivity index (χ0) is 9.84. The summed E-state index contributed by atoms with van der Waals surface area (Å²) in [6, 6.07) is 0. The van der Waals surface area contributed by atoms with Crippen LogP contribution in [0.3, 0.4) is 0 Å². The fourth-order valence-corrected chi connectivity index (χ4v) is 0.796. The number of hydrogen-bond acceptors (Lipinski definition) is 4. The highest BCUT2D eigenvalue weighted by atomic mass is 16.5. The van der Waals surface area contributed by atoms with Gasteiger partial charge in [-0.1, -0.05) is 5.16 Å². The zero-order valence-electron chi connectivity index (χ0n) is 7.48. The molecule has 0 spiro atoms. The summed E-state index contributed by atoms with van der Waals surface area (Å²) in [6.45, 7) is 3.95. The van der Waals surface area contributed by atoms with Crippen LogP contribution in [0.2, 0.25) is 0 Å². The number of ether oxygens (including phenoxy) is 1. The molecule has 0 aliphatic rings. The summed E-state index contributed by atoms with van der Waals surface area (Å²) in [5.41, 5.74) is 0.459. The number of nitrogens with zero attached hydrogens (tertiary/aromatic N) is 1. The van der Waals surface area contributed by atoms with Crippen molar-refractivity contribution < 1.29 is 19.2 Å². The van der Waals surface area contributed by atoms with Crippen molar-refractivity contribution in [3.8, 4) is 0 Å². The molecule has 1 rings (SSSR count). The van der Waals surface area contributed by atoms with Crippen LogP contribution in [0.5, 0.6) is 0 Å². The Labute approximate surface area is 75.3 Å². The lowest BCUT2D eigenvalue weighted by atomic mass is 10.3. The molecule has 0 bridgehead atoms. The highest BCUT2D eigenvalue weighted by molar-refractivity contribution is 5.85. The smallest absolute Gasteiger partial charge is 0.375 e. The third-order valence-corrected chi connectivity index (χ3v) is 1.41. The Morgan fingerprint density at radius 1 is 1.77 bits per heavy atom. The number of aromatic nitrogens is 1. The molecule has 1 heterocycles. The lowest BCUT2D eigenvalue weighted by molar-refractivity contribution is 0.0575. The van der Waals surface area contributed by atoms with Gasteiger partial charge in [0.05, 0.1) is 24.5 Å². The Kier molecular flexibility index (Phi) is 3.02. The van der Waals surface area contributed by atoms with Crippen molar-refractivity contribution >= 4 is 5.97 Å². The van der Waals surface area contributed by atoms with Gasteiger partial charge in [0.15, 0.2) is 0 Å². The van der Waals surface area contributed by atoms with Gasteiger partial charge in [0.1, 0.15) is 0 Å². The van der Waals surface area contributed by atoms with Gasteiger partial charge in [-0.3, -0.25) is 0 Å². The quantitative estimate of drug-likeness (QED) is 0.765. The van der Waals surface area contributed by atoms with Crippen LogP contribution in [-0.2, 0) is 11.3 Å². The van der Waals surface area contributed by atoms with E-state index in [-0.39, 0.29) is 18.5 Å². The normalized spacial score (nSPS) is 10.7. The second-order valence-electron chi connectivity index (χ2n) is 2.85. The summed E-state index contributed by atoms with van der Waals surface area (Å²) < 4.78 is 9.74. The van der Waals surface area contributed by atoms with Crippen molar-refractivity contribution in [3.63, 3.8) is 0 Å². The summed E-state index contributed by atoms with van der Waals surface area (Å²) in [7, 11) is 0. The topological polar surface area (TPSA) is 72.6 Å². The first kappa shape index (κ1) is 9.73. The molecule has 5 heteroatoms. The molecule has 5 nitrogen and oxygen atoms in total. The summed E-state index contributed by atoms with van der Waals surface area (Å²) in [5, 5.41) is 12.0. The van der Waals surface area contributed by atoms with E-state index in [1.165, 1.54) is 6.20 Å². The molecule has 0 aromatic carbocycles. The van der Waals surface area contributed by atoms with E-state index in [1.807, 2.05) is 13.8 Å². The molecule has 0 aliphatic carbocycles. The second-order valence-corrected chi connectivity index (χ2v) is 2.85. The Hall–Kier alpha value is -1.36. The first-order valence-corrected chi connectivity index (χ1v) is 3.89. The fourth-order valence-electron chi connectivity index (χ4n) is 0.796. The first-order chi connectivity index (χ1) is 6.11. The van der Waals surface area contributed by atoms with Crippen molar-refractivity contribution in [2.24, 2.45) is 0 Å². The summed E-state index contributed by atoms with van der Waals surface area (Å²) in [5.74, 6) is -1.28. The van der Waals surface area contributed by atoms with Gasteiger partial charge in [-0.2, -0.15) is 0 Å². The van der Waals surface area contributed by atoms with E-state index in [9.17, 15) is 4.79 Å². The molecule has 1 aromatic heterocycles. The minimum absolute atomic E-state index is 0.0524. The first-order valence-electron chi connectivity index (χ1n) is 3.89. The largest absolute Gasteiger partial charge is 0.475 e. The van der Waals surface area contributed by atoms with Crippen molar-refractivity contribution in [1.29, 1.82) is 0 Å². The number of rotatable bonds is 4. The van der Waals surface area contributed by atoms with Gasteiger partial charge in [-0.05, 0) is 13.8 Å². The minimum Gasteiger partial charge on any atom is -0.475 e. The Morgan fingerprint density at radius 3 is 3.00 bits per heavy atom. The molecule has 0 radical (unpaired) electrons. The number of aromatic carboxylic acids is 1. The van der Waals surface area contributed by atoms with Gasteiger partial charge in [-0.25, -0.2) is 4.79 Å². The van der Waals surface area contributed by atoms with E-state index < -0.39 is 5.97 Å². The summed E-state index contributed by atoms with van der Waals surface area (Å²) in [4.78, 5) is 10.5. The highest BCUT2D eigenvalue weighted by Crippen LogP contribution is 2.10. The molecule has 13 heavy (non-hydrogen) atoms. The van der Waals surface area contributed by atoms with E-state index in [0.29, 0.717) is 5.56 Å². The SMILES string of the molecule is CC(C)OCc1cnoc1C(=O)O. The van der Waals surface area contributed by atoms with Gasteiger partial charge < -0.3 is 14.4 Å². The van der Waals surface area contributed by atoms with Crippen LogP contribution >= 0.6 is 0 Å². The molecule has 0 atom stereocenters. The van der Waals surface area contributed by atoms with Crippen LogP contribution < -0.4 is 0 Å². The van der Waals surface area contributed by atoms with E-state index in [1.54, 1.807) is 0 Å². The van der Waals surface area contributed by atoms with Gasteiger partial charge >= 0.3 is 5.97 Å². The zero-order valence-corrected chi connectivity index (χ0v) is 7.48. The summed E-state index contributed by atoms with van der Waals surface area (Å²) in [6.07, 6.45) is 1.41. The minimum atomic E-state index is -1.13. The number of carboxylic acids is 1. The Balaban J connectivity index is 2.65. The third kappa shape index (κ3) is 2.55. The Bertz CT molecular complexity index is 292. The lowest BCUT2D eigenvalue weighted by Gasteiger charge is -2.04. The predicted octanol–water partition coefficient (Wildman–Crippen LogP) is 1.30. The monoisotopic (exact) mass is 185 g/mol. The molecule has 0 unspecified atom stereocenters. The standard InChI is InChI=1S/C8H11NO4/c1-5(2)12-4-6-3-9-13-7(6)8(10)11/h3,5H,4H2,1-2H3,(H,10,11). The van der Waals surface area contributed by atoms with E-state index in [4.69, 9.17) is 9.84 Å². The van der Waals surface area contributed by atoms with Crippen LogP contribution in [-0.4, -0.2) is 22.3 Å². The highest BCUT2D eigenvalue weighted by Gasteiger charge is 2.15. The predicted molar refractivity (Wildman–Crippen MR) is 43.4 cm³/mol. The molecular weight excluding hydrogens is 174 g/mol. The maximum Gasteiger partial charge on any atom is 0.375 e. The average molecular weight is 185 g/mol. The van der Waals surface area contributed by atoms with Crippen molar-refractivity contribution in [3.05, 3.63) is 17.5 Å². The molecular formula is C8H11NO4. The molecule has 72 valence electrons. The van der Waals surface area contributed by atoms with Crippen LogP contribution in [0, 0.1) is 0 Å². The molecule has 0 aliphatic heterocycles. The van der Waals surface area contributed by atoms with Crippen molar-refractivity contribution in [2.75, 3.05) is 0 Å². The van der Waals surface area contributed by atoms with E-state index in [0.717, 1.165) is 0 Å². The van der Waals surface area contributed by atoms with Crippen LogP contribution in [0.4, 0.5) is 0 Å². The maximum absolute atomic E-state index is 10.5. The summed E-state index contributed by atoms with van der Waals surface area (Å²) >= 11 is 0. The molecule has 0 amide bonds. The average Bonchev–Trinajstić information content (AvgIpc) is 2.47. The van der Waals surface area contributed by atoms with E-state index >= 15 is 0 Å². The molecule has 1 aromatic rings. The molecule has 0 saturated carbocycles. The van der Waals surface area contributed by atoms with Gasteiger partial charge in [-0.15, -0.1) is 0 Å². The maximum atomic E-state index is 10.5. The third-order valence-electron chi connectivity index (χ3n) is 1.41. The second kappa shape index (κ2) is 4.04. The number of hydrogen-bond donors (Lipinski definition) is 1. The van der Waals surface area contributed by atoms with E-state index in [2.05, 4.69) is 9.68 Å². The lowest BCUT2D eigenvalue weighted by Crippen LogP contribution is -2.05. The number of carboxylic acid groups (broad SMARTS) is 1. The van der Waals surface area contributed by atoms with Crippen molar-refractivity contribution in [2.45, 2.75) is 26.6 Å². The van der Waals surface area contributed by atoms with Crippen LogP contribution in [0.25, 0.3) is 0 Å². The van der Waals surface area contributed by atoms with Crippen LogP contribution in [0.15, 0.2) is 10.7 Å². The van der Waals surface area contributed by atoms with Gasteiger partial charge in [0.2, 0.25) is 5.76 Å². The molecule has 1 N–H and O–H groups in total.